The molecule has 0 atom stereocenters. The molecule has 1 amide bonds. The lowest BCUT2D eigenvalue weighted by atomic mass is 10.2. The summed E-state index contributed by atoms with van der Waals surface area (Å²) in [5, 5.41) is 9.64. The molecule has 3 aromatic rings. The van der Waals surface area contributed by atoms with Crippen LogP contribution in [0, 0.1) is 0 Å². The first kappa shape index (κ1) is 13.8. The van der Waals surface area contributed by atoms with Crippen molar-refractivity contribution in [1.82, 2.24) is 10.2 Å². The number of anilines is 1. The molecule has 0 unspecified atom stereocenters. The van der Waals surface area contributed by atoms with Crippen molar-refractivity contribution in [2.24, 2.45) is 0 Å². The molecule has 0 saturated carbocycles. The number of benzene rings is 2. The van der Waals surface area contributed by atoms with Gasteiger partial charge in [-0.25, -0.2) is 0 Å². The van der Waals surface area contributed by atoms with Crippen molar-refractivity contribution in [3.8, 4) is 5.75 Å². The lowest BCUT2D eigenvalue weighted by molar-refractivity contribution is 0.102. The first-order valence-corrected chi connectivity index (χ1v) is 6.62. The van der Waals surface area contributed by atoms with E-state index in [9.17, 15) is 9.59 Å². The highest BCUT2D eigenvalue weighted by molar-refractivity contribution is 6.04. The highest BCUT2D eigenvalue weighted by Gasteiger charge is 2.15. The summed E-state index contributed by atoms with van der Waals surface area (Å²) in [7, 11) is 1.54. The molecule has 0 bridgehead atoms. The van der Waals surface area contributed by atoms with Crippen molar-refractivity contribution < 1.29 is 9.53 Å². The molecule has 0 saturated heterocycles. The van der Waals surface area contributed by atoms with Gasteiger partial charge in [-0.15, -0.1) is 0 Å². The molecule has 1 aromatic heterocycles. The second-order valence-electron chi connectivity index (χ2n) is 4.63. The number of H-pyrrole nitrogens is 1. The van der Waals surface area contributed by atoms with Gasteiger partial charge in [-0.1, -0.05) is 18.2 Å². The molecule has 0 fully saturated rings. The standard InChI is InChI=1S/C16H13N3O3/c1-22-11-6-4-5-10(9-11)17-16(21)14-15(20)12-7-2-3-8-13(12)18-19-14/h2-9H,1H3,(H,17,21)(H,18,20). The Bertz CT molecular complexity index is 902. The van der Waals surface area contributed by atoms with Gasteiger partial charge in [0.05, 0.1) is 12.6 Å². The fourth-order valence-corrected chi connectivity index (χ4v) is 2.12. The summed E-state index contributed by atoms with van der Waals surface area (Å²) in [5.41, 5.74) is 0.528. The number of amides is 1. The number of methoxy groups -OCH3 is 1. The molecule has 22 heavy (non-hydrogen) atoms. The fraction of sp³-hybridized carbons (Fsp3) is 0.0625. The highest BCUT2D eigenvalue weighted by Crippen LogP contribution is 2.17. The summed E-state index contributed by atoms with van der Waals surface area (Å²) in [6.45, 7) is 0. The molecule has 0 aliphatic carbocycles. The van der Waals surface area contributed by atoms with Crippen LogP contribution in [-0.2, 0) is 0 Å². The number of aromatic nitrogens is 2. The zero-order valence-corrected chi connectivity index (χ0v) is 11.8. The van der Waals surface area contributed by atoms with E-state index in [0.717, 1.165) is 0 Å². The molecule has 1 heterocycles. The number of hydrogen-bond acceptors (Lipinski definition) is 4. The summed E-state index contributed by atoms with van der Waals surface area (Å²) in [5.74, 6) is 0.0402. The Balaban J connectivity index is 1.95. The van der Waals surface area contributed by atoms with E-state index in [-0.39, 0.29) is 5.69 Å². The molecule has 0 aliphatic rings. The van der Waals surface area contributed by atoms with Gasteiger partial charge < -0.3 is 10.1 Å². The Morgan fingerprint density at radius 1 is 1.18 bits per heavy atom. The molecule has 2 aromatic carbocycles. The number of ether oxygens (including phenoxy) is 1. The van der Waals surface area contributed by atoms with Gasteiger partial charge in [-0.05, 0) is 24.3 Å². The molecule has 0 radical (unpaired) electrons. The maximum atomic E-state index is 12.3. The van der Waals surface area contributed by atoms with Gasteiger partial charge in [0.1, 0.15) is 5.75 Å². The summed E-state index contributed by atoms with van der Waals surface area (Å²) in [6.07, 6.45) is 0. The molecule has 6 heteroatoms. The zero-order valence-electron chi connectivity index (χ0n) is 11.8. The molecule has 3 rings (SSSR count). The third-order valence-electron chi connectivity index (χ3n) is 3.22. The van der Waals surface area contributed by atoms with Gasteiger partial charge in [-0.2, -0.15) is 5.10 Å². The maximum Gasteiger partial charge on any atom is 0.280 e. The number of nitrogens with one attached hydrogen (secondary N) is 2. The molecule has 0 spiro atoms. The zero-order chi connectivity index (χ0) is 15.5. The average molecular weight is 295 g/mol. The van der Waals surface area contributed by atoms with E-state index in [1.807, 2.05) is 0 Å². The maximum absolute atomic E-state index is 12.3. The Morgan fingerprint density at radius 2 is 2.00 bits per heavy atom. The SMILES string of the molecule is COc1cccc(NC(=O)c2n[nH]c3ccccc3c2=O)c1. The quantitative estimate of drug-likeness (QED) is 0.775. The predicted octanol–water partition coefficient (Wildman–Crippen LogP) is 2.18. The van der Waals surface area contributed by atoms with Crippen LogP contribution in [0.4, 0.5) is 5.69 Å². The number of para-hydroxylation sites is 1. The second kappa shape index (κ2) is 5.69. The van der Waals surface area contributed by atoms with E-state index in [1.165, 1.54) is 7.11 Å². The van der Waals surface area contributed by atoms with Crippen LogP contribution in [0.5, 0.6) is 5.75 Å². The fourth-order valence-electron chi connectivity index (χ4n) is 2.12. The van der Waals surface area contributed by atoms with Crippen LogP contribution in [-0.4, -0.2) is 23.2 Å². The molecular formula is C16H13N3O3. The van der Waals surface area contributed by atoms with Crippen molar-refractivity contribution >= 4 is 22.5 Å². The number of hydrogen-bond donors (Lipinski definition) is 2. The Kier molecular flexibility index (Phi) is 3.57. The summed E-state index contributed by atoms with van der Waals surface area (Å²) in [4.78, 5) is 24.6. The van der Waals surface area contributed by atoms with Gasteiger partial charge in [0, 0.05) is 17.1 Å². The number of aromatic amines is 1. The average Bonchev–Trinajstić information content (AvgIpc) is 2.55. The smallest absolute Gasteiger partial charge is 0.280 e. The topological polar surface area (TPSA) is 84.1 Å². The van der Waals surface area contributed by atoms with E-state index >= 15 is 0 Å². The molecule has 6 nitrogen and oxygen atoms in total. The Morgan fingerprint density at radius 3 is 2.82 bits per heavy atom. The van der Waals surface area contributed by atoms with E-state index in [4.69, 9.17) is 4.74 Å². The summed E-state index contributed by atoms with van der Waals surface area (Å²) >= 11 is 0. The van der Waals surface area contributed by atoms with Crippen molar-refractivity contribution in [3.63, 3.8) is 0 Å². The third kappa shape index (κ3) is 2.54. The van der Waals surface area contributed by atoms with Gasteiger partial charge >= 0.3 is 0 Å². The second-order valence-corrected chi connectivity index (χ2v) is 4.63. The summed E-state index contributed by atoms with van der Waals surface area (Å²) in [6, 6.07) is 13.8. The van der Waals surface area contributed by atoms with E-state index in [0.29, 0.717) is 22.3 Å². The number of nitrogens with zero attached hydrogens (tertiary/aromatic N) is 1. The van der Waals surface area contributed by atoms with E-state index in [1.54, 1.807) is 48.5 Å². The van der Waals surface area contributed by atoms with Gasteiger partial charge in [-0.3, -0.25) is 14.7 Å². The van der Waals surface area contributed by atoms with E-state index in [2.05, 4.69) is 15.5 Å². The van der Waals surface area contributed by atoms with Crippen molar-refractivity contribution in [2.75, 3.05) is 12.4 Å². The van der Waals surface area contributed by atoms with Crippen LogP contribution in [0.1, 0.15) is 10.5 Å². The van der Waals surface area contributed by atoms with Crippen LogP contribution in [0.2, 0.25) is 0 Å². The van der Waals surface area contributed by atoms with Gasteiger partial charge in [0.2, 0.25) is 5.43 Å². The largest absolute Gasteiger partial charge is 0.497 e. The number of rotatable bonds is 3. The van der Waals surface area contributed by atoms with Crippen molar-refractivity contribution in [2.45, 2.75) is 0 Å². The normalized spacial score (nSPS) is 10.4. The lowest BCUT2D eigenvalue weighted by Crippen LogP contribution is -2.24. The van der Waals surface area contributed by atoms with Crippen LogP contribution >= 0.6 is 0 Å². The first-order chi connectivity index (χ1) is 10.7. The van der Waals surface area contributed by atoms with Gasteiger partial charge in [0.25, 0.3) is 5.91 Å². The van der Waals surface area contributed by atoms with Crippen LogP contribution < -0.4 is 15.5 Å². The minimum Gasteiger partial charge on any atom is -0.497 e. The number of carbonyl (C=O) groups is 1. The van der Waals surface area contributed by atoms with E-state index < -0.39 is 11.3 Å². The van der Waals surface area contributed by atoms with Crippen molar-refractivity contribution in [1.29, 1.82) is 0 Å². The van der Waals surface area contributed by atoms with Crippen LogP contribution in [0.25, 0.3) is 10.9 Å². The minimum absolute atomic E-state index is 0.179. The molecule has 0 aliphatic heterocycles. The molecule has 110 valence electrons. The molecule has 2 N–H and O–H groups in total. The van der Waals surface area contributed by atoms with Crippen LogP contribution in [0.3, 0.4) is 0 Å². The minimum atomic E-state index is -0.569. The van der Waals surface area contributed by atoms with Gasteiger partial charge in [0.15, 0.2) is 5.69 Å². The monoisotopic (exact) mass is 295 g/mol. The van der Waals surface area contributed by atoms with Crippen LogP contribution in [0.15, 0.2) is 53.3 Å². The number of carbonyl (C=O) groups excluding carboxylic acids is 1. The predicted molar refractivity (Wildman–Crippen MR) is 83.3 cm³/mol. The highest BCUT2D eigenvalue weighted by atomic mass is 16.5. The Labute approximate surface area is 125 Å². The summed E-state index contributed by atoms with van der Waals surface area (Å²) < 4.78 is 5.09. The lowest BCUT2D eigenvalue weighted by Gasteiger charge is -2.06. The first-order valence-electron chi connectivity index (χ1n) is 6.62. The number of fused-ring (bicyclic) bond motifs is 1. The molecular weight excluding hydrogens is 282 g/mol. The third-order valence-corrected chi connectivity index (χ3v) is 3.22. The van der Waals surface area contributed by atoms with Crippen molar-refractivity contribution in [3.05, 3.63) is 64.4 Å². The Hall–Kier alpha value is -3.15.